The summed E-state index contributed by atoms with van der Waals surface area (Å²) in [5.74, 6) is 0.598. The number of amides is 3. The molecule has 2 aromatic heterocycles. The van der Waals surface area contributed by atoms with Gasteiger partial charge in [0.15, 0.2) is 5.65 Å². The van der Waals surface area contributed by atoms with Gasteiger partial charge < -0.3 is 15.5 Å². The number of H-pyrrole nitrogens is 1. The molecule has 4 aromatic rings. The molecule has 234 valence electrons. The molecule has 0 bridgehead atoms. The van der Waals surface area contributed by atoms with Gasteiger partial charge in [-0.15, -0.1) is 0 Å². The first-order valence-electron chi connectivity index (χ1n) is 15.5. The van der Waals surface area contributed by atoms with Crippen LogP contribution in [0.4, 0.5) is 22.0 Å². The van der Waals surface area contributed by atoms with Crippen LogP contribution in [0.15, 0.2) is 48.7 Å². The number of carbonyl (C=O) groups excluding carboxylic acids is 2. The van der Waals surface area contributed by atoms with Crippen molar-refractivity contribution in [1.82, 2.24) is 30.4 Å². The number of urea groups is 1. The summed E-state index contributed by atoms with van der Waals surface area (Å²) in [5, 5.41) is 10.7. The molecule has 0 radical (unpaired) electrons. The van der Waals surface area contributed by atoms with Gasteiger partial charge in [0, 0.05) is 75.6 Å². The summed E-state index contributed by atoms with van der Waals surface area (Å²) >= 11 is 7.05. The van der Waals surface area contributed by atoms with Crippen LogP contribution in [0.25, 0.3) is 22.4 Å². The highest BCUT2D eigenvalue weighted by Crippen LogP contribution is 2.38. The maximum Gasteiger partial charge on any atom is 0.328 e. The number of carbonyl (C=O) groups is 2. The van der Waals surface area contributed by atoms with Crippen LogP contribution in [0.3, 0.4) is 0 Å². The maximum atomic E-state index is 12.2. The topological polar surface area (TPSA) is 140 Å². The minimum absolute atomic E-state index is 0.129. The van der Waals surface area contributed by atoms with Crippen molar-refractivity contribution < 1.29 is 9.59 Å². The second kappa shape index (κ2) is 11.9. The van der Waals surface area contributed by atoms with E-state index < -0.39 is 0 Å². The van der Waals surface area contributed by atoms with Gasteiger partial charge in [0.1, 0.15) is 17.0 Å². The van der Waals surface area contributed by atoms with Crippen LogP contribution in [-0.2, 0) is 11.3 Å². The van der Waals surface area contributed by atoms with Gasteiger partial charge in [-0.3, -0.25) is 25.0 Å². The Hall–Kier alpha value is -4.26. The Kier molecular flexibility index (Phi) is 7.80. The number of hydrogen-bond donors (Lipinski definition) is 3. The molecule has 3 saturated heterocycles. The van der Waals surface area contributed by atoms with Gasteiger partial charge in [0.05, 0.1) is 16.9 Å². The monoisotopic (exact) mass is 628 g/mol. The van der Waals surface area contributed by atoms with E-state index >= 15 is 0 Å². The number of benzene rings is 2. The van der Waals surface area contributed by atoms with Gasteiger partial charge in [-0.2, -0.15) is 5.10 Å². The average Bonchev–Trinajstić information content (AvgIpc) is 3.45. The number of rotatable bonds is 6. The van der Waals surface area contributed by atoms with E-state index in [0.29, 0.717) is 34.8 Å². The summed E-state index contributed by atoms with van der Waals surface area (Å²) in [6.45, 7) is 8.47. The third-order valence-corrected chi connectivity index (χ3v) is 9.54. The molecular formula is C32H37ClN10O2. The van der Waals surface area contributed by atoms with Crippen molar-refractivity contribution in [2.24, 2.45) is 5.73 Å². The zero-order valence-electron chi connectivity index (χ0n) is 25.3. The summed E-state index contributed by atoms with van der Waals surface area (Å²) in [5.41, 5.74) is 12.0. The van der Waals surface area contributed by atoms with Crippen molar-refractivity contribution >= 4 is 51.9 Å². The second-order valence-corrected chi connectivity index (χ2v) is 12.8. The fourth-order valence-corrected chi connectivity index (χ4v) is 6.66. The predicted octanol–water partition coefficient (Wildman–Crippen LogP) is 3.76. The first-order valence-corrected chi connectivity index (χ1v) is 15.8. The highest BCUT2D eigenvalue weighted by molar-refractivity contribution is 6.36. The van der Waals surface area contributed by atoms with Crippen LogP contribution in [0, 0.1) is 0 Å². The van der Waals surface area contributed by atoms with Gasteiger partial charge in [-0.05, 0) is 43.5 Å². The normalized spacial score (nSPS) is 19.3. The third kappa shape index (κ3) is 6.05. The first kappa shape index (κ1) is 29.5. The van der Waals surface area contributed by atoms with Crippen molar-refractivity contribution in [2.75, 3.05) is 60.5 Å². The van der Waals surface area contributed by atoms with Gasteiger partial charge in [0.2, 0.25) is 5.91 Å². The molecule has 3 amide bonds. The minimum atomic E-state index is -0.367. The van der Waals surface area contributed by atoms with E-state index in [1.165, 1.54) is 5.56 Å². The van der Waals surface area contributed by atoms with Gasteiger partial charge in [-0.1, -0.05) is 35.9 Å². The van der Waals surface area contributed by atoms with Gasteiger partial charge in [0.25, 0.3) is 0 Å². The molecule has 3 fully saturated rings. The smallest absolute Gasteiger partial charge is 0.328 e. The fraction of sp³-hybridized carbons (Fsp3) is 0.406. The van der Waals surface area contributed by atoms with E-state index in [2.05, 4.69) is 43.2 Å². The average molecular weight is 629 g/mol. The largest absolute Gasteiger partial charge is 0.368 e. The number of aromatic amines is 1. The molecule has 0 atom stereocenters. The molecule has 0 saturated carbocycles. The van der Waals surface area contributed by atoms with Crippen molar-refractivity contribution in [1.29, 1.82) is 0 Å². The first-order chi connectivity index (χ1) is 21.7. The van der Waals surface area contributed by atoms with Crippen LogP contribution in [0.5, 0.6) is 0 Å². The SMILES string of the molecule is CC1(N)CCN(c2cnc3c(-c4cccc(N5CCN(Cc6ccc(N7CCC(=O)NC7=O)cc6)CC5)c4Cl)n[nH]c3n2)CC1. The van der Waals surface area contributed by atoms with Gasteiger partial charge >= 0.3 is 6.03 Å². The molecule has 7 rings (SSSR count). The number of hydrogen-bond acceptors (Lipinski definition) is 9. The molecule has 0 spiro atoms. The Labute approximate surface area is 266 Å². The Morgan fingerprint density at radius 2 is 1.71 bits per heavy atom. The summed E-state index contributed by atoms with van der Waals surface area (Å²) < 4.78 is 0. The fourth-order valence-electron chi connectivity index (χ4n) is 6.32. The summed E-state index contributed by atoms with van der Waals surface area (Å²) in [6, 6.07) is 13.7. The molecule has 2 aromatic carbocycles. The lowest BCUT2D eigenvalue weighted by atomic mass is 9.91. The van der Waals surface area contributed by atoms with Crippen LogP contribution in [0.2, 0.25) is 5.02 Å². The number of nitrogens with zero attached hydrogens (tertiary/aromatic N) is 7. The number of imide groups is 1. The number of piperazine rings is 1. The standard InChI is InChI=1S/C32H37ClN10O2/c1-32(34)10-13-42(14-11-32)25-19-35-29-28(38-39-30(29)36-25)23-3-2-4-24(27(23)33)41-17-15-40(16-18-41)20-21-5-7-22(8-6-21)43-12-9-26(44)37-31(43)45/h2-8,19H,9-18,20,34H2,1H3,(H,36,38,39)(H,37,44,45). The van der Waals surface area contributed by atoms with Crippen LogP contribution in [0.1, 0.15) is 31.7 Å². The van der Waals surface area contributed by atoms with Crippen molar-refractivity contribution in [3.63, 3.8) is 0 Å². The zero-order valence-corrected chi connectivity index (χ0v) is 26.1. The molecule has 3 aliphatic heterocycles. The molecule has 4 N–H and O–H groups in total. The molecule has 13 heteroatoms. The summed E-state index contributed by atoms with van der Waals surface area (Å²) in [6.07, 6.45) is 3.95. The minimum Gasteiger partial charge on any atom is -0.368 e. The Morgan fingerprint density at radius 3 is 2.44 bits per heavy atom. The zero-order chi connectivity index (χ0) is 31.1. The summed E-state index contributed by atoms with van der Waals surface area (Å²) in [4.78, 5) is 41.8. The lowest BCUT2D eigenvalue weighted by Crippen LogP contribution is -2.49. The molecule has 5 heterocycles. The molecule has 12 nitrogen and oxygen atoms in total. The predicted molar refractivity (Wildman–Crippen MR) is 176 cm³/mol. The summed E-state index contributed by atoms with van der Waals surface area (Å²) in [7, 11) is 0. The lowest BCUT2D eigenvalue weighted by Gasteiger charge is -2.37. The molecule has 3 aliphatic rings. The number of halogens is 1. The Bertz CT molecular complexity index is 1720. The Morgan fingerprint density at radius 1 is 0.956 bits per heavy atom. The number of nitrogens with one attached hydrogen (secondary N) is 2. The maximum absolute atomic E-state index is 12.2. The number of fused-ring (bicyclic) bond motifs is 1. The van der Waals surface area contributed by atoms with Crippen molar-refractivity contribution in [2.45, 2.75) is 38.3 Å². The van der Waals surface area contributed by atoms with Crippen LogP contribution in [-0.4, -0.2) is 88.4 Å². The van der Waals surface area contributed by atoms with Crippen LogP contribution >= 0.6 is 11.6 Å². The highest BCUT2D eigenvalue weighted by Gasteiger charge is 2.28. The number of piperidine rings is 1. The van der Waals surface area contributed by atoms with E-state index in [9.17, 15) is 9.59 Å². The quantitative estimate of drug-likeness (QED) is 0.291. The van der Waals surface area contributed by atoms with E-state index in [1.807, 2.05) is 42.6 Å². The van der Waals surface area contributed by atoms with Crippen molar-refractivity contribution in [3.8, 4) is 11.3 Å². The number of aromatic nitrogens is 4. The van der Waals surface area contributed by atoms with E-state index in [0.717, 1.165) is 81.4 Å². The van der Waals surface area contributed by atoms with E-state index in [-0.39, 0.29) is 17.5 Å². The molecule has 0 unspecified atom stereocenters. The number of anilines is 3. The van der Waals surface area contributed by atoms with Crippen molar-refractivity contribution in [3.05, 3.63) is 59.2 Å². The highest BCUT2D eigenvalue weighted by atomic mass is 35.5. The van der Waals surface area contributed by atoms with E-state index in [4.69, 9.17) is 27.3 Å². The van der Waals surface area contributed by atoms with Gasteiger partial charge in [-0.25, -0.2) is 14.8 Å². The molecule has 45 heavy (non-hydrogen) atoms. The Balaban J connectivity index is 0.998. The third-order valence-electron chi connectivity index (χ3n) is 9.14. The lowest BCUT2D eigenvalue weighted by molar-refractivity contribution is -0.120. The number of nitrogens with two attached hydrogens (primary N) is 1. The van der Waals surface area contributed by atoms with E-state index in [1.54, 1.807) is 4.90 Å². The molecule has 0 aliphatic carbocycles. The molecular weight excluding hydrogens is 592 g/mol. The second-order valence-electron chi connectivity index (χ2n) is 12.5. The van der Waals surface area contributed by atoms with Crippen LogP contribution < -0.4 is 25.8 Å².